The number of hydrogen-bond acceptors (Lipinski definition) is 5. The van der Waals surface area contributed by atoms with E-state index < -0.39 is 12.0 Å². The Kier molecular flexibility index (Phi) is 9.46. The summed E-state index contributed by atoms with van der Waals surface area (Å²) in [5, 5.41) is 11.9. The van der Waals surface area contributed by atoms with E-state index in [2.05, 4.69) is 10.3 Å². The molecule has 2 atom stereocenters. The van der Waals surface area contributed by atoms with Crippen molar-refractivity contribution in [3.8, 4) is 0 Å². The van der Waals surface area contributed by atoms with Gasteiger partial charge in [0.1, 0.15) is 0 Å². The second-order valence-electron chi connectivity index (χ2n) is 6.93. The molecule has 0 radical (unpaired) electrons. The number of guanidine groups is 1. The first kappa shape index (κ1) is 22.6. The van der Waals surface area contributed by atoms with Gasteiger partial charge in [0.25, 0.3) is 0 Å². The minimum Gasteiger partial charge on any atom is -0.392 e. The average Bonchev–Trinajstić information content (AvgIpc) is 2.63. The summed E-state index contributed by atoms with van der Waals surface area (Å²) in [5.74, 6) is -0.899. The van der Waals surface area contributed by atoms with Crippen LogP contribution in [-0.2, 0) is 16.2 Å². The van der Waals surface area contributed by atoms with Gasteiger partial charge in [-0.2, -0.15) is 0 Å². The van der Waals surface area contributed by atoms with Gasteiger partial charge in [-0.1, -0.05) is 26.0 Å². The van der Waals surface area contributed by atoms with E-state index in [0.29, 0.717) is 25.1 Å². The van der Waals surface area contributed by atoms with E-state index in [1.807, 2.05) is 13.8 Å². The van der Waals surface area contributed by atoms with E-state index in [0.717, 1.165) is 5.56 Å². The van der Waals surface area contributed by atoms with Crippen LogP contribution in [0.4, 0.5) is 5.69 Å². The monoisotopic (exact) mass is 377 g/mol. The van der Waals surface area contributed by atoms with E-state index >= 15 is 0 Å². The van der Waals surface area contributed by atoms with Crippen LogP contribution in [0.3, 0.4) is 0 Å². The van der Waals surface area contributed by atoms with E-state index in [4.69, 9.17) is 22.3 Å². The van der Waals surface area contributed by atoms with Crippen LogP contribution in [0, 0.1) is 11.8 Å². The summed E-state index contributed by atoms with van der Waals surface area (Å²) < 4.78 is 0. The first-order valence-corrected chi connectivity index (χ1v) is 9.09. The second-order valence-corrected chi connectivity index (χ2v) is 6.93. The van der Waals surface area contributed by atoms with Gasteiger partial charge in [0, 0.05) is 24.6 Å². The number of nitrogens with one attached hydrogen (secondary N) is 1. The maximum absolute atomic E-state index is 12.7. The molecule has 1 amide bonds. The number of anilines is 1. The molecule has 8 N–H and O–H groups in total. The van der Waals surface area contributed by atoms with Crippen LogP contribution >= 0.6 is 0 Å². The number of rotatable bonds is 11. The standard InChI is InChI=1S/C19H31N5O3/c1-12(2)17(20)16(26)10-14(4-3-9-23-19(21)22)18(27)24-15-7-5-13(11-25)6-8-15/h5-8,12,14,17,25H,3-4,9-11,20H2,1-2H3,(H,24,27)(H4,21,22,23)/t14-,17+/m1/s1. The maximum atomic E-state index is 12.7. The fraction of sp³-hybridized carbons (Fsp3) is 0.526. The predicted octanol–water partition coefficient (Wildman–Crippen LogP) is 0.730. The maximum Gasteiger partial charge on any atom is 0.227 e. The van der Waals surface area contributed by atoms with Gasteiger partial charge in [0.05, 0.1) is 12.6 Å². The van der Waals surface area contributed by atoms with Crippen molar-refractivity contribution in [2.75, 3.05) is 11.9 Å². The van der Waals surface area contributed by atoms with Gasteiger partial charge in [0.2, 0.25) is 5.91 Å². The van der Waals surface area contributed by atoms with Crippen LogP contribution < -0.4 is 22.5 Å². The Hall–Kier alpha value is -2.45. The summed E-state index contributed by atoms with van der Waals surface area (Å²) in [6.45, 7) is 4.07. The molecule has 150 valence electrons. The number of nitrogens with two attached hydrogens (primary N) is 3. The van der Waals surface area contributed by atoms with Gasteiger partial charge in [-0.3, -0.25) is 14.6 Å². The molecule has 0 spiro atoms. The van der Waals surface area contributed by atoms with Crippen molar-refractivity contribution in [3.63, 3.8) is 0 Å². The second kappa shape index (κ2) is 11.3. The number of nitrogens with zero attached hydrogens (tertiary/aromatic N) is 1. The molecular weight excluding hydrogens is 346 g/mol. The van der Waals surface area contributed by atoms with Crippen LogP contribution in [-0.4, -0.2) is 35.3 Å². The molecule has 8 heteroatoms. The summed E-state index contributed by atoms with van der Waals surface area (Å²) in [7, 11) is 0. The molecule has 0 fully saturated rings. The number of hydrogen-bond donors (Lipinski definition) is 5. The molecule has 0 bridgehead atoms. The number of amides is 1. The normalized spacial score (nSPS) is 13.1. The Morgan fingerprint density at radius 3 is 2.33 bits per heavy atom. The van der Waals surface area contributed by atoms with Crippen molar-refractivity contribution < 1.29 is 14.7 Å². The molecule has 1 aromatic rings. The summed E-state index contributed by atoms with van der Waals surface area (Å²) in [4.78, 5) is 29.0. The van der Waals surface area contributed by atoms with Gasteiger partial charge >= 0.3 is 0 Å². The van der Waals surface area contributed by atoms with E-state index in [-0.39, 0.29) is 36.6 Å². The van der Waals surface area contributed by atoms with Gasteiger partial charge in [0.15, 0.2) is 11.7 Å². The van der Waals surface area contributed by atoms with Crippen LogP contribution in [0.15, 0.2) is 29.3 Å². The third-order valence-corrected chi connectivity index (χ3v) is 4.32. The number of carbonyl (C=O) groups excluding carboxylic acids is 2. The first-order valence-electron chi connectivity index (χ1n) is 9.09. The van der Waals surface area contributed by atoms with Crippen LogP contribution in [0.1, 0.15) is 38.7 Å². The molecule has 1 aromatic carbocycles. The highest BCUT2D eigenvalue weighted by molar-refractivity contribution is 5.96. The lowest BCUT2D eigenvalue weighted by molar-refractivity contribution is -0.127. The SMILES string of the molecule is CC(C)[C@H](N)C(=O)C[C@@H](CCCN=C(N)N)C(=O)Nc1ccc(CO)cc1. The molecular formula is C19H31N5O3. The van der Waals surface area contributed by atoms with Crippen molar-refractivity contribution in [3.05, 3.63) is 29.8 Å². The topological polar surface area (TPSA) is 157 Å². The molecule has 0 unspecified atom stereocenters. The molecule has 0 aliphatic heterocycles. The average molecular weight is 377 g/mol. The molecule has 0 heterocycles. The Labute approximate surface area is 160 Å². The van der Waals surface area contributed by atoms with Crippen LogP contribution in [0.25, 0.3) is 0 Å². The van der Waals surface area contributed by atoms with Gasteiger partial charge in [-0.05, 0) is 36.5 Å². The fourth-order valence-corrected chi connectivity index (χ4v) is 2.56. The lowest BCUT2D eigenvalue weighted by Crippen LogP contribution is -2.38. The first-order chi connectivity index (χ1) is 12.7. The van der Waals surface area contributed by atoms with Gasteiger partial charge in [-0.15, -0.1) is 0 Å². The fourth-order valence-electron chi connectivity index (χ4n) is 2.56. The molecule has 1 rings (SSSR count). The smallest absolute Gasteiger partial charge is 0.227 e. The van der Waals surface area contributed by atoms with Crippen LogP contribution in [0.2, 0.25) is 0 Å². The van der Waals surface area contributed by atoms with Crippen LogP contribution in [0.5, 0.6) is 0 Å². The minimum absolute atomic E-state index is 0.00196. The third-order valence-electron chi connectivity index (χ3n) is 4.32. The van der Waals surface area contributed by atoms with E-state index in [9.17, 15) is 9.59 Å². The molecule has 0 aliphatic carbocycles. The number of aliphatic hydroxyl groups is 1. The van der Waals surface area contributed by atoms with Crippen molar-refractivity contribution in [1.29, 1.82) is 0 Å². The zero-order chi connectivity index (χ0) is 20.4. The Morgan fingerprint density at radius 2 is 1.81 bits per heavy atom. The molecule has 0 saturated heterocycles. The van der Waals surface area contributed by atoms with Gasteiger partial charge < -0.3 is 27.6 Å². The van der Waals surface area contributed by atoms with Crippen molar-refractivity contribution in [2.45, 2.75) is 45.8 Å². The molecule has 8 nitrogen and oxygen atoms in total. The zero-order valence-corrected chi connectivity index (χ0v) is 16.0. The zero-order valence-electron chi connectivity index (χ0n) is 16.0. The van der Waals surface area contributed by atoms with Crippen molar-refractivity contribution in [1.82, 2.24) is 0 Å². The highest BCUT2D eigenvalue weighted by Gasteiger charge is 2.26. The Morgan fingerprint density at radius 1 is 1.19 bits per heavy atom. The Bertz CT molecular complexity index is 639. The summed E-state index contributed by atoms with van der Waals surface area (Å²) >= 11 is 0. The number of aliphatic hydroxyl groups excluding tert-OH is 1. The molecule has 0 aromatic heterocycles. The quantitative estimate of drug-likeness (QED) is 0.217. The lowest BCUT2D eigenvalue weighted by Gasteiger charge is -2.20. The van der Waals surface area contributed by atoms with E-state index in [1.165, 1.54) is 0 Å². The number of Topliss-reactive ketones (excluding diaryl/α,β-unsaturated/α-hetero) is 1. The van der Waals surface area contributed by atoms with Crippen molar-refractivity contribution >= 4 is 23.3 Å². The summed E-state index contributed by atoms with van der Waals surface area (Å²) in [5.41, 5.74) is 17.9. The molecule has 0 aliphatic rings. The van der Waals surface area contributed by atoms with E-state index in [1.54, 1.807) is 24.3 Å². The molecule has 27 heavy (non-hydrogen) atoms. The van der Waals surface area contributed by atoms with Crippen molar-refractivity contribution in [2.24, 2.45) is 34.0 Å². The van der Waals surface area contributed by atoms with Gasteiger partial charge in [-0.25, -0.2) is 0 Å². The largest absolute Gasteiger partial charge is 0.392 e. The summed E-state index contributed by atoms with van der Waals surface area (Å²) in [6.07, 6.45) is 1.11. The summed E-state index contributed by atoms with van der Waals surface area (Å²) in [6, 6.07) is 6.28. The Balaban J connectivity index is 2.78. The predicted molar refractivity (Wildman–Crippen MR) is 107 cm³/mol. The third kappa shape index (κ3) is 8.19. The molecule has 0 saturated carbocycles. The lowest BCUT2D eigenvalue weighted by atomic mass is 9.90. The number of ketones is 1. The minimum atomic E-state index is -0.596. The highest BCUT2D eigenvalue weighted by atomic mass is 16.3. The number of carbonyl (C=O) groups is 2. The number of aliphatic imine (C=N–C) groups is 1. The highest BCUT2D eigenvalue weighted by Crippen LogP contribution is 2.18. The number of benzene rings is 1.